The summed E-state index contributed by atoms with van der Waals surface area (Å²) in [6.07, 6.45) is 0. The number of nitrogens with one attached hydrogen (secondary N) is 1. The SMILES string of the molecule is CCN(CC)C(=O)CSCC(=O)Nc1ccc(OC)c(Cl)c1. The molecule has 7 heteroatoms. The van der Waals surface area contributed by atoms with Crippen LogP contribution in [0.1, 0.15) is 13.8 Å². The van der Waals surface area contributed by atoms with Gasteiger partial charge in [0.25, 0.3) is 0 Å². The zero-order chi connectivity index (χ0) is 16.5. The molecule has 0 atom stereocenters. The highest BCUT2D eigenvalue weighted by molar-refractivity contribution is 8.00. The van der Waals surface area contributed by atoms with Crippen molar-refractivity contribution in [2.45, 2.75) is 13.8 Å². The molecule has 0 aromatic heterocycles. The van der Waals surface area contributed by atoms with Gasteiger partial charge in [0.2, 0.25) is 11.8 Å². The number of thioether (sulfide) groups is 1. The van der Waals surface area contributed by atoms with E-state index in [0.29, 0.717) is 35.3 Å². The highest BCUT2D eigenvalue weighted by atomic mass is 35.5. The Balaban J connectivity index is 2.41. The highest BCUT2D eigenvalue weighted by Gasteiger charge is 2.11. The molecule has 5 nitrogen and oxygen atoms in total. The van der Waals surface area contributed by atoms with Crippen LogP contribution in [0.4, 0.5) is 5.69 Å². The standard InChI is InChI=1S/C15H21ClN2O3S/c1-4-18(5-2)15(20)10-22-9-14(19)17-11-6-7-13(21-3)12(16)8-11/h6-8H,4-5,9-10H2,1-3H3,(H,17,19). The molecule has 1 N–H and O–H groups in total. The number of hydrogen-bond acceptors (Lipinski definition) is 4. The normalized spacial score (nSPS) is 10.2. The Morgan fingerprint density at radius 3 is 2.50 bits per heavy atom. The number of anilines is 1. The van der Waals surface area contributed by atoms with Crippen molar-refractivity contribution in [2.75, 3.05) is 37.0 Å². The van der Waals surface area contributed by atoms with Gasteiger partial charge in [-0.1, -0.05) is 11.6 Å². The maximum Gasteiger partial charge on any atom is 0.234 e. The molecule has 0 fully saturated rings. The molecule has 0 heterocycles. The van der Waals surface area contributed by atoms with Crippen LogP contribution in [0.5, 0.6) is 5.75 Å². The minimum atomic E-state index is -0.168. The molecule has 1 aromatic carbocycles. The molecule has 0 radical (unpaired) electrons. The molecule has 0 unspecified atom stereocenters. The number of carbonyl (C=O) groups excluding carboxylic acids is 2. The molecule has 0 spiro atoms. The highest BCUT2D eigenvalue weighted by Crippen LogP contribution is 2.27. The Labute approximate surface area is 140 Å². The number of benzene rings is 1. The zero-order valence-corrected chi connectivity index (χ0v) is 14.6. The second-order valence-electron chi connectivity index (χ2n) is 4.46. The molecule has 122 valence electrons. The van der Waals surface area contributed by atoms with Gasteiger partial charge in [-0.15, -0.1) is 11.8 Å². The number of rotatable bonds is 8. The summed E-state index contributed by atoms with van der Waals surface area (Å²) >= 11 is 7.29. The van der Waals surface area contributed by atoms with Gasteiger partial charge in [0, 0.05) is 18.8 Å². The summed E-state index contributed by atoms with van der Waals surface area (Å²) in [5.74, 6) is 0.961. The van der Waals surface area contributed by atoms with Crippen LogP contribution in [0.25, 0.3) is 0 Å². The number of amides is 2. The predicted molar refractivity (Wildman–Crippen MR) is 91.9 cm³/mol. The third-order valence-electron chi connectivity index (χ3n) is 3.01. The van der Waals surface area contributed by atoms with E-state index in [1.165, 1.54) is 18.9 Å². The molecule has 0 bridgehead atoms. The Bertz CT molecular complexity index is 522. The van der Waals surface area contributed by atoms with Crippen LogP contribution in [0.15, 0.2) is 18.2 Å². The Kier molecular flexibility index (Phi) is 8.12. The molecular weight excluding hydrogens is 324 g/mol. The predicted octanol–water partition coefficient (Wildman–Crippen LogP) is 2.89. The van der Waals surface area contributed by atoms with E-state index >= 15 is 0 Å². The summed E-state index contributed by atoms with van der Waals surface area (Å²) < 4.78 is 5.05. The van der Waals surface area contributed by atoms with E-state index in [1.54, 1.807) is 23.1 Å². The molecule has 0 saturated carbocycles. The van der Waals surface area contributed by atoms with Gasteiger partial charge >= 0.3 is 0 Å². The van der Waals surface area contributed by atoms with Gasteiger partial charge in [0.1, 0.15) is 5.75 Å². The molecule has 1 rings (SSSR count). The van der Waals surface area contributed by atoms with Crippen LogP contribution >= 0.6 is 23.4 Å². The van der Waals surface area contributed by atoms with Crippen molar-refractivity contribution < 1.29 is 14.3 Å². The van der Waals surface area contributed by atoms with Gasteiger partial charge in [0.05, 0.1) is 23.6 Å². The lowest BCUT2D eigenvalue weighted by atomic mass is 10.3. The Morgan fingerprint density at radius 1 is 1.27 bits per heavy atom. The molecule has 0 aliphatic heterocycles. The summed E-state index contributed by atoms with van der Waals surface area (Å²) in [4.78, 5) is 25.4. The Morgan fingerprint density at radius 2 is 1.95 bits per heavy atom. The van der Waals surface area contributed by atoms with Crippen LogP contribution in [-0.2, 0) is 9.59 Å². The van der Waals surface area contributed by atoms with Gasteiger partial charge in [-0.05, 0) is 32.0 Å². The second-order valence-corrected chi connectivity index (χ2v) is 5.85. The lowest BCUT2D eigenvalue weighted by molar-refractivity contribution is -0.127. The molecule has 1 aromatic rings. The molecule has 0 aliphatic carbocycles. The fraction of sp³-hybridized carbons (Fsp3) is 0.467. The number of methoxy groups -OCH3 is 1. The van der Waals surface area contributed by atoms with Crippen LogP contribution < -0.4 is 10.1 Å². The number of hydrogen-bond donors (Lipinski definition) is 1. The molecule has 22 heavy (non-hydrogen) atoms. The van der Waals surface area contributed by atoms with Crippen molar-refractivity contribution >= 4 is 40.9 Å². The number of carbonyl (C=O) groups is 2. The van der Waals surface area contributed by atoms with E-state index in [2.05, 4.69) is 5.32 Å². The number of ether oxygens (including phenoxy) is 1. The molecule has 2 amide bonds. The average Bonchev–Trinajstić information content (AvgIpc) is 2.48. The van der Waals surface area contributed by atoms with Crippen LogP contribution in [0.3, 0.4) is 0 Å². The van der Waals surface area contributed by atoms with Gasteiger partial charge < -0.3 is 15.0 Å². The van der Waals surface area contributed by atoms with Crippen LogP contribution in [0, 0.1) is 0 Å². The maximum absolute atomic E-state index is 11.8. The summed E-state index contributed by atoms with van der Waals surface area (Å²) in [6.45, 7) is 5.25. The summed E-state index contributed by atoms with van der Waals surface area (Å²) in [5, 5.41) is 3.18. The summed E-state index contributed by atoms with van der Waals surface area (Å²) in [6, 6.07) is 5.04. The first-order valence-corrected chi connectivity index (χ1v) is 8.54. The zero-order valence-electron chi connectivity index (χ0n) is 13.0. The lowest BCUT2D eigenvalue weighted by Crippen LogP contribution is -2.32. The third kappa shape index (κ3) is 5.77. The lowest BCUT2D eigenvalue weighted by Gasteiger charge is -2.18. The van der Waals surface area contributed by atoms with Crippen molar-refractivity contribution in [3.05, 3.63) is 23.2 Å². The quantitative estimate of drug-likeness (QED) is 0.787. The number of halogens is 1. The van der Waals surface area contributed by atoms with Crippen molar-refractivity contribution in [3.63, 3.8) is 0 Å². The fourth-order valence-electron chi connectivity index (χ4n) is 1.84. The van der Waals surface area contributed by atoms with E-state index in [4.69, 9.17) is 16.3 Å². The van der Waals surface area contributed by atoms with Crippen LogP contribution in [0.2, 0.25) is 5.02 Å². The second kappa shape index (κ2) is 9.58. The van der Waals surface area contributed by atoms with E-state index in [9.17, 15) is 9.59 Å². The van der Waals surface area contributed by atoms with Crippen molar-refractivity contribution in [1.82, 2.24) is 4.90 Å². The minimum absolute atomic E-state index is 0.0512. The van der Waals surface area contributed by atoms with Gasteiger partial charge in [-0.25, -0.2) is 0 Å². The summed E-state index contributed by atoms with van der Waals surface area (Å²) in [7, 11) is 1.53. The van der Waals surface area contributed by atoms with Gasteiger partial charge in [0.15, 0.2) is 0 Å². The smallest absolute Gasteiger partial charge is 0.234 e. The Hall–Kier alpha value is -1.40. The minimum Gasteiger partial charge on any atom is -0.495 e. The van der Waals surface area contributed by atoms with Crippen molar-refractivity contribution in [1.29, 1.82) is 0 Å². The van der Waals surface area contributed by atoms with E-state index < -0.39 is 0 Å². The van der Waals surface area contributed by atoms with Gasteiger partial charge in [-0.3, -0.25) is 9.59 Å². The van der Waals surface area contributed by atoms with Gasteiger partial charge in [-0.2, -0.15) is 0 Å². The molecular formula is C15H21ClN2O3S. The first kappa shape index (κ1) is 18.6. The van der Waals surface area contributed by atoms with E-state index in [-0.39, 0.29) is 17.6 Å². The first-order chi connectivity index (χ1) is 10.5. The van der Waals surface area contributed by atoms with Crippen molar-refractivity contribution in [3.8, 4) is 5.75 Å². The largest absolute Gasteiger partial charge is 0.495 e. The molecule has 0 saturated heterocycles. The summed E-state index contributed by atoms with van der Waals surface area (Å²) in [5.41, 5.74) is 0.603. The van der Waals surface area contributed by atoms with Crippen molar-refractivity contribution in [2.24, 2.45) is 0 Å². The monoisotopic (exact) mass is 344 g/mol. The van der Waals surface area contributed by atoms with Crippen LogP contribution in [-0.4, -0.2) is 48.4 Å². The fourth-order valence-corrected chi connectivity index (χ4v) is 2.81. The number of nitrogens with zero attached hydrogens (tertiary/aromatic N) is 1. The van der Waals surface area contributed by atoms with E-state index in [1.807, 2.05) is 13.8 Å². The maximum atomic E-state index is 11.8. The molecule has 0 aliphatic rings. The average molecular weight is 345 g/mol. The van der Waals surface area contributed by atoms with E-state index in [0.717, 1.165) is 0 Å². The third-order valence-corrected chi connectivity index (χ3v) is 4.22. The first-order valence-electron chi connectivity index (χ1n) is 7.00. The topological polar surface area (TPSA) is 58.6 Å².